The van der Waals surface area contributed by atoms with Gasteiger partial charge in [0.1, 0.15) is 5.94 Å². The third-order valence-corrected chi connectivity index (χ3v) is 0.253. The van der Waals surface area contributed by atoms with E-state index in [4.69, 9.17) is 20.1 Å². The van der Waals surface area contributed by atoms with Gasteiger partial charge in [-0.15, -0.1) is 0 Å². The van der Waals surface area contributed by atoms with Crippen LogP contribution in [0, 0.1) is 0 Å². The highest BCUT2D eigenvalue weighted by atomic mass is 16.7. The van der Waals surface area contributed by atoms with Crippen LogP contribution < -0.4 is 0 Å². The van der Waals surface area contributed by atoms with Crippen molar-refractivity contribution in [1.29, 1.82) is 0 Å². The van der Waals surface area contributed by atoms with E-state index in [0.29, 0.717) is 0 Å². The van der Waals surface area contributed by atoms with Crippen LogP contribution in [0.3, 0.4) is 0 Å². The SMILES string of the molecule is O=C=CC(O)(O)O. The maximum Gasteiger partial charge on any atom is 0.308 e. The van der Waals surface area contributed by atoms with Gasteiger partial charge in [-0.2, -0.15) is 0 Å². The lowest BCUT2D eigenvalue weighted by atomic mass is 10.5. The fourth-order valence-corrected chi connectivity index (χ4v) is 0.0791. The molecule has 0 aliphatic carbocycles. The first kappa shape index (κ1) is 6.33. The molecule has 0 aromatic rings. The number of hydrogen-bond donors (Lipinski definition) is 3. The molecule has 0 unspecified atom stereocenters. The van der Waals surface area contributed by atoms with Gasteiger partial charge in [0.25, 0.3) is 0 Å². The topological polar surface area (TPSA) is 77.8 Å². The number of aliphatic hydroxyl groups is 3. The van der Waals surface area contributed by atoms with Crippen molar-refractivity contribution < 1.29 is 20.1 Å². The van der Waals surface area contributed by atoms with Crippen LogP contribution in [0.25, 0.3) is 0 Å². The lowest BCUT2D eigenvalue weighted by Gasteiger charge is -2.02. The Bertz CT molecular complexity index is 94.0. The zero-order chi connectivity index (χ0) is 5.91. The van der Waals surface area contributed by atoms with Crippen molar-refractivity contribution in [1.82, 2.24) is 0 Å². The zero-order valence-electron chi connectivity index (χ0n) is 3.33. The minimum absolute atomic E-state index is 0.174. The van der Waals surface area contributed by atoms with E-state index in [0.717, 1.165) is 5.94 Å². The molecule has 0 amide bonds. The van der Waals surface area contributed by atoms with Crippen molar-refractivity contribution in [2.24, 2.45) is 0 Å². The molecular formula is C3H4O4. The van der Waals surface area contributed by atoms with Crippen molar-refractivity contribution in [2.45, 2.75) is 5.97 Å². The summed E-state index contributed by atoms with van der Waals surface area (Å²) in [6.07, 6.45) is 0.174. The van der Waals surface area contributed by atoms with Gasteiger partial charge in [-0.25, -0.2) is 4.79 Å². The maximum absolute atomic E-state index is 9.16. The molecule has 40 valence electrons. The minimum Gasteiger partial charge on any atom is -0.340 e. The van der Waals surface area contributed by atoms with E-state index in [1.165, 1.54) is 0 Å². The van der Waals surface area contributed by atoms with Crippen molar-refractivity contribution in [3.8, 4) is 0 Å². The lowest BCUT2D eigenvalue weighted by Crippen LogP contribution is -2.23. The molecular weight excluding hydrogens is 100 g/mol. The van der Waals surface area contributed by atoms with E-state index in [1.807, 2.05) is 0 Å². The zero-order valence-corrected chi connectivity index (χ0v) is 3.33. The van der Waals surface area contributed by atoms with Gasteiger partial charge < -0.3 is 15.3 Å². The average Bonchev–Trinajstić information content (AvgIpc) is 1.30. The molecule has 7 heavy (non-hydrogen) atoms. The molecule has 0 aromatic heterocycles. The number of carbonyl (C=O) groups excluding carboxylic acids is 1. The molecule has 0 radical (unpaired) electrons. The van der Waals surface area contributed by atoms with Crippen molar-refractivity contribution >= 4 is 5.94 Å². The Hall–Kier alpha value is -0.670. The molecule has 4 heteroatoms. The summed E-state index contributed by atoms with van der Waals surface area (Å²) in [7, 11) is 0. The molecule has 0 rings (SSSR count). The normalized spacial score (nSPS) is 10.1. The Balaban J connectivity index is 3.80. The van der Waals surface area contributed by atoms with Crippen LogP contribution in [0.15, 0.2) is 6.08 Å². The van der Waals surface area contributed by atoms with Crippen molar-refractivity contribution in [2.75, 3.05) is 0 Å². The Labute approximate surface area is 39.3 Å². The minimum atomic E-state index is -3.00. The van der Waals surface area contributed by atoms with Crippen LogP contribution in [0.1, 0.15) is 0 Å². The molecule has 3 N–H and O–H groups in total. The third kappa shape index (κ3) is 5.33. The van der Waals surface area contributed by atoms with Crippen LogP contribution in [-0.2, 0) is 4.79 Å². The van der Waals surface area contributed by atoms with Gasteiger partial charge in [-0.1, -0.05) is 0 Å². The third-order valence-electron chi connectivity index (χ3n) is 0.253. The summed E-state index contributed by atoms with van der Waals surface area (Å²) >= 11 is 0. The summed E-state index contributed by atoms with van der Waals surface area (Å²) in [5.41, 5.74) is 0. The predicted molar refractivity (Wildman–Crippen MR) is 19.7 cm³/mol. The first-order chi connectivity index (χ1) is 3.06. The van der Waals surface area contributed by atoms with Crippen LogP contribution >= 0.6 is 0 Å². The Morgan fingerprint density at radius 2 is 1.86 bits per heavy atom. The fourth-order valence-electron chi connectivity index (χ4n) is 0.0791. The first-order valence-corrected chi connectivity index (χ1v) is 1.45. The molecule has 0 fully saturated rings. The molecule has 0 bridgehead atoms. The van der Waals surface area contributed by atoms with Crippen LogP contribution in [-0.4, -0.2) is 27.2 Å². The van der Waals surface area contributed by atoms with Crippen molar-refractivity contribution in [3.05, 3.63) is 6.08 Å². The fraction of sp³-hybridized carbons (Fsp3) is 0.333. The monoisotopic (exact) mass is 104 g/mol. The van der Waals surface area contributed by atoms with Crippen LogP contribution in [0.2, 0.25) is 0 Å². The summed E-state index contributed by atoms with van der Waals surface area (Å²) in [6, 6.07) is 0. The van der Waals surface area contributed by atoms with Gasteiger partial charge in [0, 0.05) is 0 Å². The average molecular weight is 104 g/mol. The summed E-state index contributed by atoms with van der Waals surface area (Å²) in [5.74, 6) is -2.02. The van der Waals surface area contributed by atoms with E-state index < -0.39 is 5.97 Å². The molecule has 0 spiro atoms. The summed E-state index contributed by atoms with van der Waals surface area (Å²) < 4.78 is 0. The molecule has 0 aliphatic rings. The lowest BCUT2D eigenvalue weighted by molar-refractivity contribution is -0.272. The molecule has 0 saturated heterocycles. The van der Waals surface area contributed by atoms with Gasteiger partial charge in [0.15, 0.2) is 0 Å². The summed E-state index contributed by atoms with van der Waals surface area (Å²) in [6.45, 7) is 0. The predicted octanol–water partition coefficient (Wildman–Crippen LogP) is -2.00. The number of rotatable bonds is 1. The van der Waals surface area contributed by atoms with E-state index in [-0.39, 0.29) is 6.08 Å². The van der Waals surface area contributed by atoms with E-state index in [9.17, 15) is 0 Å². The first-order valence-electron chi connectivity index (χ1n) is 1.45. The second kappa shape index (κ2) is 1.86. The van der Waals surface area contributed by atoms with Gasteiger partial charge in [-0.3, -0.25) is 0 Å². The van der Waals surface area contributed by atoms with E-state index >= 15 is 0 Å². The van der Waals surface area contributed by atoms with E-state index in [2.05, 4.69) is 0 Å². The molecule has 0 heterocycles. The second-order valence-electron chi connectivity index (χ2n) is 0.949. The van der Waals surface area contributed by atoms with Crippen LogP contribution in [0.4, 0.5) is 0 Å². The van der Waals surface area contributed by atoms with Gasteiger partial charge in [0.05, 0.1) is 6.08 Å². The Kier molecular flexibility index (Phi) is 1.68. The molecule has 4 nitrogen and oxygen atoms in total. The highest BCUT2D eigenvalue weighted by Gasteiger charge is 2.11. The highest BCUT2D eigenvalue weighted by molar-refractivity contribution is 5.46. The Morgan fingerprint density at radius 1 is 1.43 bits per heavy atom. The van der Waals surface area contributed by atoms with Crippen LogP contribution in [0.5, 0.6) is 0 Å². The molecule has 0 atom stereocenters. The summed E-state index contributed by atoms with van der Waals surface area (Å²) in [4.78, 5) is 9.16. The standard InChI is InChI=1S/C3H4O4/c4-2-1-3(5,6)7/h1,5-7H. The smallest absolute Gasteiger partial charge is 0.308 e. The maximum atomic E-state index is 9.16. The van der Waals surface area contributed by atoms with Gasteiger partial charge >= 0.3 is 5.97 Å². The number of hydrogen-bond acceptors (Lipinski definition) is 4. The molecule has 0 saturated carbocycles. The summed E-state index contributed by atoms with van der Waals surface area (Å²) in [5, 5.41) is 23.4. The van der Waals surface area contributed by atoms with Crippen molar-refractivity contribution in [3.63, 3.8) is 0 Å². The Morgan fingerprint density at radius 3 is 1.86 bits per heavy atom. The van der Waals surface area contributed by atoms with E-state index in [1.54, 1.807) is 0 Å². The second-order valence-corrected chi connectivity index (χ2v) is 0.949. The largest absolute Gasteiger partial charge is 0.340 e. The van der Waals surface area contributed by atoms with Gasteiger partial charge in [-0.05, 0) is 0 Å². The highest BCUT2D eigenvalue weighted by Crippen LogP contribution is 1.87. The molecule has 0 aromatic carbocycles. The molecule has 0 aliphatic heterocycles. The quantitative estimate of drug-likeness (QED) is 0.266. The van der Waals surface area contributed by atoms with Gasteiger partial charge in [0.2, 0.25) is 0 Å².